The Kier molecular flexibility index (Phi) is 7.76. The summed E-state index contributed by atoms with van der Waals surface area (Å²) < 4.78 is 12.0. The fourth-order valence-corrected chi connectivity index (χ4v) is 5.66. The van der Waals surface area contributed by atoms with Gasteiger partial charge < -0.3 is 24.6 Å². The molecule has 0 unspecified atom stereocenters. The highest BCUT2D eigenvalue weighted by atomic mass is 16.5. The van der Waals surface area contributed by atoms with E-state index in [1.165, 1.54) is 19.3 Å². The monoisotopic (exact) mass is 530 g/mol. The van der Waals surface area contributed by atoms with Gasteiger partial charge in [-0.1, -0.05) is 0 Å². The van der Waals surface area contributed by atoms with Gasteiger partial charge in [0, 0.05) is 36.5 Å². The largest absolute Gasteiger partial charge is 0.493 e. The van der Waals surface area contributed by atoms with Gasteiger partial charge in [-0.05, 0) is 89.2 Å². The Morgan fingerprint density at radius 1 is 0.974 bits per heavy atom. The molecule has 0 radical (unpaired) electrons. The van der Waals surface area contributed by atoms with Crippen LogP contribution in [-0.2, 0) is 0 Å². The Labute approximate surface area is 229 Å². The van der Waals surface area contributed by atoms with Crippen molar-refractivity contribution in [2.75, 3.05) is 45.2 Å². The first-order valence-electron chi connectivity index (χ1n) is 14.4. The van der Waals surface area contributed by atoms with E-state index >= 15 is 0 Å². The number of anilines is 1. The summed E-state index contributed by atoms with van der Waals surface area (Å²) in [5.41, 5.74) is 2.66. The highest BCUT2D eigenvalue weighted by Gasteiger charge is 2.26. The van der Waals surface area contributed by atoms with Crippen LogP contribution in [0.1, 0.15) is 56.6 Å². The number of nitrogens with zero attached hydrogens (tertiary/aromatic N) is 5. The number of rotatable bonds is 7. The molecule has 3 aromatic rings. The molecule has 206 valence electrons. The van der Waals surface area contributed by atoms with Gasteiger partial charge in [-0.25, -0.2) is 19.7 Å². The average molecular weight is 531 g/mol. The highest BCUT2D eigenvalue weighted by molar-refractivity contribution is 5.89. The number of carbonyl (C=O) groups excluding carboxylic acids is 1. The van der Waals surface area contributed by atoms with E-state index in [2.05, 4.69) is 38.3 Å². The van der Waals surface area contributed by atoms with E-state index in [0.29, 0.717) is 30.6 Å². The van der Waals surface area contributed by atoms with Gasteiger partial charge in [0.2, 0.25) is 5.88 Å². The van der Waals surface area contributed by atoms with Crippen LogP contribution in [0.3, 0.4) is 0 Å². The van der Waals surface area contributed by atoms with Crippen molar-refractivity contribution in [2.24, 2.45) is 5.92 Å². The molecular formula is C30H38N6O3. The van der Waals surface area contributed by atoms with Crippen molar-refractivity contribution < 1.29 is 14.3 Å². The Balaban J connectivity index is 1.02. The second kappa shape index (κ2) is 11.7. The maximum absolute atomic E-state index is 12.9. The maximum atomic E-state index is 12.9. The number of pyridine rings is 1. The second-order valence-corrected chi connectivity index (χ2v) is 11.2. The third-order valence-electron chi connectivity index (χ3n) is 8.46. The van der Waals surface area contributed by atoms with Gasteiger partial charge in [0.1, 0.15) is 18.2 Å². The molecule has 2 aromatic heterocycles. The first-order valence-corrected chi connectivity index (χ1v) is 14.4. The number of nitrogens with one attached hydrogen (secondary N) is 1. The number of urea groups is 1. The molecular weight excluding hydrogens is 492 g/mol. The lowest BCUT2D eigenvalue weighted by atomic mass is 9.91. The number of hydrogen-bond donors (Lipinski definition) is 1. The lowest BCUT2D eigenvalue weighted by Gasteiger charge is -2.32. The van der Waals surface area contributed by atoms with Gasteiger partial charge in [0.25, 0.3) is 0 Å². The molecule has 2 amide bonds. The summed E-state index contributed by atoms with van der Waals surface area (Å²) in [7, 11) is 2.18. The van der Waals surface area contributed by atoms with Gasteiger partial charge in [-0.2, -0.15) is 0 Å². The third-order valence-corrected chi connectivity index (χ3v) is 8.46. The zero-order valence-corrected chi connectivity index (χ0v) is 22.7. The van der Waals surface area contributed by atoms with E-state index in [1.54, 1.807) is 12.5 Å². The Morgan fingerprint density at radius 2 is 1.79 bits per heavy atom. The van der Waals surface area contributed by atoms with Gasteiger partial charge in [0.05, 0.1) is 29.7 Å². The standard InChI is InChI=1S/C30H38N6O3/c1-35-13-9-21(10-14-35)19-38-25-6-7-26-27(17-25)32-20-33-29(26)22-11-15-36(16-12-22)30(37)34-23-5-8-28(31-18-23)39-24-3-2-4-24/h5-8,17-18,20-22,24H,2-4,9-16,19H2,1H3,(H,34,37). The van der Waals surface area contributed by atoms with Crippen LogP contribution in [0.25, 0.3) is 10.9 Å². The molecule has 3 fully saturated rings. The minimum absolute atomic E-state index is 0.0955. The van der Waals surface area contributed by atoms with Crippen molar-refractivity contribution >= 4 is 22.6 Å². The van der Waals surface area contributed by atoms with E-state index < -0.39 is 0 Å². The number of piperidine rings is 2. The summed E-state index contributed by atoms with van der Waals surface area (Å²) in [5, 5.41) is 4.05. The average Bonchev–Trinajstić information content (AvgIpc) is 2.95. The first-order chi connectivity index (χ1) is 19.1. The van der Waals surface area contributed by atoms with E-state index in [-0.39, 0.29) is 18.1 Å². The number of benzene rings is 1. The molecule has 2 aliphatic heterocycles. The minimum atomic E-state index is -0.0955. The maximum Gasteiger partial charge on any atom is 0.321 e. The molecule has 0 bridgehead atoms. The van der Waals surface area contributed by atoms with Crippen molar-refractivity contribution in [1.29, 1.82) is 0 Å². The molecule has 3 aliphatic rings. The number of amides is 2. The smallest absolute Gasteiger partial charge is 0.321 e. The van der Waals surface area contributed by atoms with Crippen molar-refractivity contribution in [3.63, 3.8) is 0 Å². The summed E-state index contributed by atoms with van der Waals surface area (Å²) >= 11 is 0. The Bertz CT molecular complexity index is 1270. The van der Waals surface area contributed by atoms with Crippen LogP contribution in [0.5, 0.6) is 11.6 Å². The normalized spacial score (nSPS) is 19.6. The van der Waals surface area contributed by atoms with E-state index in [0.717, 1.165) is 67.7 Å². The van der Waals surface area contributed by atoms with E-state index in [1.807, 2.05) is 29.2 Å². The number of fused-ring (bicyclic) bond motifs is 1. The molecule has 1 N–H and O–H groups in total. The number of aromatic nitrogens is 3. The van der Waals surface area contributed by atoms with Crippen LogP contribution in [0, 0.1) is 5.92 Å². The summed E-state index contributed by atoms with van der Waals surface area (Å²) in [5.74, 6) is 2.39. The fourth-order valence-electron chi connectivity index (χ4n) is 5.66. The van der Waals surface area contributed by atoms with Crippen LogP contribution >= 0.6 is 0 Å². The molecule has 39 heavy (non-hydrogen) atoms. The molecule has 1 aromatic carbocycles. The predicted molar refractivity (Wildman–Crippen MR) is 150 cm³/mol. The number of likely N-dealkylation sites (tertiary alicyclic amines) is 2. The van der Waals surface area contributed by atoms with Gasteiger partial charge in [-0.15, -0.1) is 0 Å². The molecule has 6 rings (SSSR count). The van der Waals surface area contributed by atoms with Crippen LogP contribution in [0.2, 0.25) is 0 Å². The second-order valence-electron chi connectivity index (χ2n) is 11.2. The van der Waals surface area contributed by atoms with Crippen LogP contribution in [0.4, 0.5) is 10.5 Å². The lowest BCUT2D eigenvalue weighted by molar-refractivity contribution is 0.114. The van der Waals surface area contributed by atoms with Gasteiger partial charge in [0.15, 0.2) is 0 Å². The summed E-state index contributed by atoms with van der Waals surface area (Å²) in [6.45, 7) is 4.39. The molecule has 2 saturated heterocycles. The third kappa shape index (κ3) is 6.24. The molecule has 4 heterocycles. The number of carbonyl (C=O) groups is 1. The quantitative estimate of drug-likeness (QED) is 0.455. The lowest BCUT2D eigenvalue weighted by Crippen LogP contribution is -2.40. The summed E-state index contributed by atoms with van der Waals surface area (Å²) in [6.07, 6.45) is 11.1. The SMILES string of the molecule is CN1CCC(COc2ccc3c(C4CCN(C(=O)Nc5ccc(OC6CCC6)nc5)CC4)ncnc3c2)CC1. The van der Waals surface area contributed by atoms with Crippen molar-refractivity contribution in [3.05, 3.63) is 48.5 Å². The van der Waals surface area contributed by atoms with Crippen molar-refractivity contribution in [2.45, 2.75) is 57.0 Å². The fraction of sp³-hybridized carbons (Fsp3) is 0.533. The van der Waals surface area contributed by atoms with Crippen LogP contribution in [-0.4, -0.2) is 76.7 Å². The Morgan fingerprint density at radius 3 is 2.51 bits per heavy atom. The molecule has 9 heteroatoms. The predicted octanol–water partition coefficient (Wildman–Crippen LogP) is 5.09. The topological polar surface area (TPSA) is 92.7 Å². The Hall–Kier alpha value is -3.46. The first kappa shape index (κ1) is 25.8. The number of hydrogen-bond acceptors (Lipinski definition) is 7. The number of ether oxygens (including phenoxy) is 2. The molecule has 1 saturated carbocycles. The van der Waals surface area contributed by atoms with Crippen molar-refractivity contribution in [1.82, 2.24) is 24.8 Å². The zero-order valence-electron chi connectivity index (χ0n) is 22.7. The van der Waals surface area contributed by atoms with Gasteiger partial charge in [-0.3, -0.25) is 0 Å². The van der Waals surface area contributed by atoms with E-state index in [9.17, 15) is 4.79 Å². The highest BCUT2D eigenvalue weighted by Crippen LogP contribution is 2.33. The molecule has 1 aliphatic carbocycles. The van der Waals surface area contributed by atoms with E-state index in [4.69, 9.17) is 9.47 Å². The summed E-state index contributed by atoms with van der Waals surface area (Å²) in [4.78, 5) is 30.7. The summed E-state index contributed by atoms with van der Waals surface area (Å²) in [6, 6.07) is 9.76. The van der Waals surface area contributed by atoms with Crippen LogP contribution < -0.4 is 14.8 Å². The molecule has 0 spiro atoms. The van der Waals surface area contributed by atoms with Crippen LogP contribution in [0.15, 0.2) is 42.9 Å². The van der Waals surface area contributed by atoms with Gasteiger partial charge >= 0.3 is 6.03 Å². The molecule has 0 atom stereocenters. The van der Waals surface area contributed by atoms with Crippen molar-refractivity contribution in [3.8, 4) is 11.6 Å². The minimum Gasteiger partial charge on any atom is -0.493 e. The molecule has 9 nitrogen and oxygen atoms in total. The zero-order chi connectivity index (χ0) is 26.6.